The Balaban J connectivity index is 1.86. The standard InChI is InChI=1S/C23H30ClNO3/c1-6-17(8-7-15(4)24)22-19-11-25-16(5)21(20(19)12-27-22)28-23(26)18-9-13(2)14(3)10-18/h6-8,11,13-14,18,22-23,26H,1,9-10,12H2,2-5H3. The topological polar surface area (TPSA) is 51.6 Å². The van der Waals surface area contributed by atoms with Gasteiger partial charge < -0.3 is 14.6 Å². The minimum Gasteiger partial charge on any atom is -0.463 e. The van der Waals surface area contributed by atoms with Crippen molar-refractivity contribution in [1.29, 1.82) is 0 Å². The summed E-state index contributed by atoms with van der Waals surface area (Å²) in [6.45, 7) is 12.5. The zero-order valence-electron chi connectivity index (χ0n) is 17.1. The Kier molecular flexibility index (Phi) is 6.64. The molecule has 1 saturated carbocycles. The van der Waals surface area contributed by atoms with Crippen molar-refractivity contribution < 1.29 is 14.6 Å². The second kappa shape index (κ2) is 8.81. The van der Waals surface area contributed by atoms with Gasteiger partial charge in [0, 0.05) is 28.3 Å². The highest BCUT2D eigenvalue weighted by Gasteiger charge is 2.36. The number of hydrogen-bond acceptors (Lipinski definition) is 4. The van der Waals surface area contributed by atoms with Crippen molar-refractivity contribution in [3.05, 3.63) is 58.4 Å². The molecule has 1 aliphatic carbocycles. The number of halogens is 1. The zero-order valence-corrected chi connectivity index (χ0v) is 17.9. The minimum absolute atomic E-state index is 0.152. The Morgan fingerprint density at radius 1 is 1.36 bits per heavy atom. The number of aliphatic hydroxyl groups is 1. The van der Waals surface area contributed by atoms with Crippen LogP contribution in [-0.4, -0.2) is 16.4 Å². The van der Waals surface area contributed by atoms with Gasteiger partial charge in [0.05, 0.1) is 12.3 Å². The lowest BCUT2D eigenvalue weighted by atomic mass is 9.99. The molecule has 1 N–H and O–H groups in total. The van der Waals surface area contributed by atoms with E-state index in [9.17, 15) is 5.11 Å². The number of aryl methyl sites for hydroxylation is 1. The van der Waals surface area contributed by atoms with Crippen LogP contribution in [0.25, 0.3) is 0 Å². The van der Waals surface area contributed by atoms with Gasteiger partial charge in [-0.2, -0.15) is 0 Å². The fourth-order valence-corrected chi connectivity index (χ4v) is 4.22. The van der Waals surface area contributed by atoms with Crippen LogP contribution in [0.4, 0.5) is 0 Å². The number of nitrogens with zero attached hydrogens (tertiary/aromatic N) is 1. The molecule has 0 amide bonds. The third-order valence-corrected chi connectivity index (χ3v) is 6.16. The first-order valence-electron chi connectivity index (χ1n) is 9.92. The fraction of sp³-hybridized carbons (Fsp3) is 0.522. The van der Waals surface area contributed by atoms with Crippen molar-refractivity contribution in [2.24, 2.45) is 17.8 Å². The molecule has 4 nitrogen and oxygen atoms in total. The normalized spacial score (nSPS) is 28.9. The fourth-order valence-electron chi connectivity index (χ4n) is 4.16. The zero-order chi connectivity index (χ0) is 20.4. The van der Waals surface area contributed by atoms with Crippen LogP contribution in [0.15, 0.2) is 41.6 Å². The summed E-state index contributed by atoms with van der Waals surface area (Å²) in [5, 5.41) is 11.4. The average molecular weight is 404 g/mol. The lowest BCUT2D eigenvalue weighted by Gasteiger charge is -2.22. The highest BCUT2D eigenvalue weighted by molar-refractivity contribution is 6.29. The molecule has 2 heterocycles. The second-order valence-corrected chi connectivity index (χ2v) is 8.71. The van der Waals surface area contributed by atoms with Gasteiger partial charge in [-0.25, -0.2) is 0 Å². The van der Waals surface area contributed by atoms with Gasteiger partial charge in [-0.15, -0.1) is 0 Å². The van der Waals surface area contributed by atoms with E-state index in [1.165, 1.54) is 0 Å². The highest BCUT2D eigenvalue weighted by Crippen LogP contribution is 2.43. The van der Waals surface area contributed by atoms with Gasteiger partial charge >= 0.3 is 0 Å². The van der Waals surface area contributed by atoms with Crippen molar-refractivity contribution in [3.63, 3.8) is 0 Å². The summed E-state index contributed by atoms with van der Waals surface area (Å²) in [6.07, 6.45) is 8.21. The van der Waals surface area contributed by atoms with Gasteiger partial charge in [-0.1, -0.05) is 44.2 Å². The highest BCUT2D eigenvalue weighted by atomic mass is 35.5. The lowest BCUT2D eigenvalue weighted by molar-refractivity contribution is -0.0633. The van der Waals surface area contributed by atoms with E-state index in [0.29, 0.717) is 29.2 Å². The number of aliphatic hydroxyl groups excluding tert-OH is 1. The van der Waals surface area contributed by atoms with Crippen LogP contribution in [0, 0.1) is 24.7 Å². The summed E-state index contributed by atoms with van der Waals surface area (Å²) in [4.78, 5) is 4.50. The summed E-state index contributed by atoms with van der Waals surface area (Å²) in [6, 6.07) is 0. The molecule has 4 unspecified atom stereocenters. The number of fused-ring (bicyclic) bond motifs is 1. The lowest BCUT2D eigenvalue weighted by Crippen LogP contribution is -2.26. The van der Waals surface area contributed by atoms with E-state index in [1.54, 1.807) is 6.08 Å². The van der Waals surface area contributed by atoms with Crippen molar-refractivity contribution in [1.82, 2.24) is 4.98 Å². The van der Waals surface area contributed by atoms with Crippen molar-refractivity contribution in [2.45, 2.75) is 59.5 Å². The summed E-state index contributed by atoms with van der Waals surface area (Å²) in [7, 11) is 0. The molecule has 5 heteroatoms. The molecule has 1 aromatic heterocycles. The van der Waals surface area contributed by atoms with E-state index in [4.69, 9.17) is 21.1 Å². The Labute approximate surface area is 172 Å². The van der Waals surface area contributed by atoms with Crippen LogP contribution in [0.3, 0.4) is 0 Å². The molecule has 3 rings (SSSR count). The van der Waals surface area contributed by atoms with Gasteiger partial charge in [0.25, 0.3) is 0 Å². The maximum Gasteiger partial charge on any atom is 0.200 e. The van der Waals surface area contributed by atoms with Crippen LogP contribution in [0.2, 0.25) is 0 Å². The number of rotatable bonds is 6. The molecule has 0 aromatic carbocycles. The van der Waals surface area contributed by atoms with E-state index in [-0.39, 0.29) is 12.0 Å². The number of pyridine rings is 1. The maximum atomic E-state index is 10.7. The Hall–Kier alpha value is -1.62. The molecule has 0 radical (unpaired) electrons. The predicted molar refractivity (Wildman–Crippen MR) is 112 cm³/mol. The SMILES string of the molecule is C=CC(=CC=C(C)Cl)C1OCc2c1cnc(C)c2OC(O)C1CC(C)C(C)C1. The van der Waals surface area contributed by atoms with Gasteiger partial charge in [-0.05, 0) is 50.2 Å². The maximum absolute atomic E-state index is 10.7. The quantitative estimate of drug-likeness (QED) is 0.496. The van der Waals surface area contributed by atoms with Crippen molar-refractivity contribution in [3.8, 4) is 5.75 Å². The molecular weight excluding hydrogens is 374 g/mol. The predicted octanol–water partition coefficient (Wildman–Crippen LogP) is 5.60. The van der Waals surface area contributed by atoms with E-state index < -0.39 is 6.29 Å². The molecule has 2 aliphatic rings. The van der Waals surface area contributed by atoms with Gasteiger partial charge in [0.15, 0.2) is 6.29 Å². The molecule has 4 atom stereocenters. The molecule has 1 aliphatic heterocycles. The molecule has 0 saturated heterocycles. The summed E-state index contributed by atoms with van der Waals surface area (Å²) in [5.74, 6) is 2.01. The van der Waals surface area contributed by atoms with Crippen molar-refractivity contribution in [2.75, 3.05) is 0 Å². The molecule has 1 fully saturated rings. The smallest absolute Gasteiger partial charge is 0.200 e. The largest absolute Gasteiger partial charge is 0.463 e. The van der Waals surface area contributed by atoms with Gasteiger partial charge in [0.1, 0.15) is 11.9 Å². The molecule has 0 spiro atoms. The van der Waals surface area contributed by atoms with Crippen molar-refractivity contribution >= 4 is 11.6 Å². The molecule has 152 valence electrons. The first-order chi connectivity index (χ1) is 13.3. The van der Waals surface area contributed by atoms with Crippen LogP contribution in [0.5, 0.6) is 5.75 Å². The molecule has 0 bridgehead atoms. The monoisotopic (exact) mass is 403 g/mol. The Morgan fingerprint density at radius 3 is 2.64 bits per heavy atom. The van der Waals surface area contributed by atoms with E-state index in [1.807, 2.05) is 32.2 Å². The van der Waals surface area contributed by atoms with E-state index >= 15 is 0 Å². The van der Waals surface area contributed by atoms with Crippen LogP contribution in [-0.2, 0) is 11.3 Å². The van der Waals surface area contributed by atoms with Gasteiger partial charge in [0.2, 0.25) is 0 Å². The second-order valence-electron chi connectivity index (χ2n) is 8.12. The Bertz CT molecular complexity index is 787. The third kappa shape index (κ3) is 4.35. The summed E-state index contributed by atoms with van der Waals surface area (Å²) < 4.78 is 12.1. The molecule has 28 heavy (non-hydrogen) atoms. The van der Waals surface area contributed by atoms with Gasteiger partial charge in [-0.3, -0.25) is 4.98 Å². The number of allylic oxidation sites excluding steroid dienone is 3. The summed E-state index contributed by atoms with van der Waals surface area (Å²) >= 11 is 5.95. The molecule has 1 aromatic rings. The molecular formula is C23H30ClNO3. The summed E-state index contributed by atoms with van der Waals surface area (Å²) in [5.41, 5.74) is 3.58. The van der Waals surface area contributed by atoms with Crippen LogP contribution < -0.4 is 4.74 Å². The Morgan fingerprint density at radius 2 is 2.04 bits per heavy atom. The minimum atomic E-state index is -0.824. The average Bonchev–Trinajstić information content (AvgIpc) is 3.22. The number of aromatic nitrogens is 1. The van der Waals surface area contributed by atoms with E-state index in [2.05, 4.69) is 25.4 Å². The third-order valence-electron chi connectivity index (χ3n) is 6.03. The van der Waals surface area contributed by atoms with Crippen LogP contribution >= 0.6 is 11.6 Å². The first-order valence-corrected chi connectivity index (χ1v) is 10.3. The number of ether oxygens (including phenoxy) is 2. The van der Waals surface area contributed by atoms with E-state index in [0.717, 1.165) is 35.2 Å². The number of hydrogen-bond donors (Lipinski definition) is 1. The first kappa shape index (κ1) is 21.1. The van der Waals surface area contributed by atoms with Crippen LogP contribution in [0.1, 0.15) is 56.5 Å².